The van der Waals surface area contributed by atoms with Crippen LogP contribution in [0.15, 0.2) is 41.5 Å². The molecule has 0 amide bonds. The summed E-state index contributed by atoms with van der Waals surface area (Å²) in [7, 11) is 0. The Hall–Kier alpha value is -2.69. The molecule has 0 bridgehead atoms. The third-order valence-electron chi connectivity index (χ3n) is 4.29. The number of aromatic nitrogens is 3. The molecule has 22 heavy (non-hydrogen) atoms. The van der Waals surface area contributed by atoms with Crippen molar-refractivity contribution in [1.29, 1.82) is 0 Å². The topological polar surface area (TPSA) is 56.9 Å². The van der Waals surface area contributed by atoms with E-state index in [9.17, 15) is 9.59 Å². The number of carbonyl (C=O) groups excluding carboxylic acids is 1. The van der Waals surface area contributed by atoms with Gasteiger partial charge in [-0.3, -0.25) is 14.2 Å². The zero-order valence-electron chi connectivity index (χ0n) is 12.0. The van der Waals surface area contributed by atoms with Crippen molar-refractivity contribution in [1.82, 2.24) is 14.1 Å². The van der Waals surface area contributed by atoms with Crippen LogP contribution in [0.5, 0.6) is 0 Å². The zero-order chi connectivity index (χ0) is 15.1. The molecule has 1 aliphatic rings. The van der Waals surface area contributed by atoms with E-state index >= 15 is 0 Å². The number of fused-ring (bicyclic) bond motifs is 3. The predicted octanol–water partition coefficient (Wildman–Crippen LogP) is 2.34. The van der Waals surface area contributed by atoms with Crippen LogP contribution in [-0.2, 0) is 13.0 Å². The van der Waals surface area contributed by atoms with Gasteiger partial charge in [0.15, 0.2) is 6.29 Å². The van der Waals surface area contributed by atoms with E-state index in [4.69, 9.17) is 0 Å². The van der Waals surface area contributed by atoms with Gasteiger partial charge in [-0.05, 0) is 43.5 Å². The molecule has 3 aromatic heterocycles. The van der Waals surface area contributed by atoms with Crippen molar-refractivity contribution >= 4 is 17.2 Å². The molecule has 4 rings (SSSR count). The summed E-state index contributed by atoms with van der Waals surface area (Å²) < 4.78 is 3.68. The summed E-state index contributed by atoms with van der Waals surface area (Å²) in [5.74, 6) is 0.383. The second-order valence-electron chi connectivity index (χ2n) is 5.57. The monoisotopic (exact) mass is 293 g/mol. The van der Waals surface area contributed by atoms with Crippen LogP contribution in [0.3, 0.4) is 0 Å². The highest BCUT2D eigenvalue weighted by Gasteiger charge is 2.17. The van der Waals surface area contributed by atoms with Crippen molar-refractivity contribution in [2.45, 2.75) is 25.8 Å². The Morgan fingerprint density at radius 3 is 3.00 bits per heavy atom. The molecular weight excluding hydrogens is 278 g/mol. The summed E-state index contributed by atoms with van der Waals surface area (Å²) in [4.78, 5) is 28.2. The molecule has 4 heterocycles. The van der Waals surface area contributed by atoms with Gasteiger partial charge in [0.25, 0.3) is 5.56 Å². The largest absolute Gasteiger partial charge is 0.344 e. The Morgan fingerprint density at radius 2 is 2.14 bits per heavy atom. The van der Waals surface area contributed by atoms with Gasteiger partial charge in [-0.25, -0.2) is 4.98 Å². The van der Waals surface area contributed by atoms with E-state index < -0.39 is 0 Å². The number of pyridine rings is 2. The van der Waals surface area contributed by atoms with Crippen molar-refractivity contribution < 1.29 is 4.79 Å². The quantitative estimate of drug-likeness (QED) is 0.681. The van der Waals surface area contributed by atoms with Gasteiger partial charge >= 0.3 is 0 Å². The van der Waals surface area contributed by atoms with Crippen molar-refractivity contribution in [2.75, 3.05) is 0 Å². The molecule has 0 aromatic carbocycles. The zero-order valence-corrected chi connectivity index (χ0v) is 12.0. The first-order valence-corrected chi connectivity index (χ1v) is 7.44. The van der Waals surface area contributed by atoms with E-state index in [1.54, 1.807) is 24.5 Å². The molecule has 0 N–H and O–H groups in total. The van der Waals surface area contributed by atoms with Gasteiger partial charge in [-0.2, -0.15) is 0 Å². The van der Waals surface area contributed by atoms with E-state index in [-0.39, 0.29) is 5.56 Å². The van der Waals surface area contributed by atoms with Gasteiger partial charge in [-0.15, -0.1) is 0 Å². The second-order valence-corrected chi connectivity index (χ2v) is 5.57. The van der Waals surface area contributed by atoms with Crippen LogP contribution in [0.4, 0.5) is 0 Å². The molecule has 0 saturated carbocycles. The maximum Gasteiger partial charge on any atom is 0.265 e. The highest BCUT2D eigenvalue weighted by molar-refractivity contribution is 5.82. The Bertz CT molecular complexity index is 937. The average molecular weight is 293 g/mol. The minimum atomic E-state index is -0.124. The van der Waals surface area contributed by atoms with Gasteiger partial charge in [0, 0.05) is 24.6 Å². The summed E-state index contributed by atoms with van der Waals surface area (Å²) in [5.41, 5.74) is 2.47. The molecule has 5 heteroatoms. The molecule has 0 fully saturated rings. The van der Waals surface area contributed by atoms with Gasteiger partial charge in [0.2, 0.25) is 0 Å². The minimum absolute atomic E-state index is 0.124. The van der Waals surface area contributed by atoms with Crippen LogP contribution in [-0.4, -0.2) is 20.4 Å². The van der Waals surface area contributed by atoms with Crippen LogP contribution in [0.25, 0.3) is 16.7 Å². The summed E-state index contributed by atoms with van der Waals surface area (Å²) in [5, 5.41) is 0.696. The Balaban J connectivity index is 1.99. The summed E-state index contributed by atoms with van der Waals surface area (Å²) >= 11 is 0. The first-order chi connectivity index (χ1) is 10.8. The number of hydrogen-bond donors (Lipinski definition) is 0. The fourth-order valence-corrected chi connectivity index (χ4v) is 3.23. The Labute approximate surface area is 126 Å². The van der Waals surface area contributed by atoms with Crippen molar-refractivity contribution in [3.05, 3.63) is 58.3 Å². The first-order valence-electron chi connectivity index (χ1n) is 7.44. The third kappa shape index (κ3) is 1.82. The van der Waals surface area contributed by atoms with E-state index in [2.05, 4.69) is 9.55 Å². The highest BCUT2D eigenvalue weighted by atomic mass is 16.1. The SMILES string of the molecule is O=Cc1cccnc1-n1ccc2c(cc3n2CCCC3)c1=O. The summed E-state index contributed by atoms with van der Waals surface area (Å²) in [6.07, 6.45) is 7.35. The van der Waals surface area contributed by atoms with Gasteiger partial charge in [-0.1, -0.05) is 0 Å². The summed E-state index contributed by atoms with van der Waals surface area (Å²) in [6.45, 7) is 0.964. The second kappa shape index (κ2) is 4.94. The van der Waals surface area contributed by atoms with Crippen molar-refractivity contribution in [3.8, 4) is 5.82 Å². The van der Waals surface area contributed by atoms with Crippen LogP contribution in [0.2, 0.25) is 0 Å². The van der Waals surface area contributed by atoms with Gasteiger partial charge < -0.3 is 4.57 Å². The lowest BCUT2D eigenvalue weighted by atomic mass is 10.1. The van der Waals surface area contributed by atoms with E-state index in [1.807, 2.05) is 12.1 Å². The molecule has 0 saturated heterocycles. The minimum Gasteiger partial charge on any atom is -0.344 e. The first kappa shape index (κ1) is 13.0. The van der Waals surface area contributed by atoms with Gasteiger partial charge in [0.05, 0.1) is 16.5 Å². The third-order valence-corrected chi connectivity index (χ3v) is 4.29. The van der Waals surface area contributed by atoms with E-state index in [1.165, 1.54) is 16.7 Å². The van der Waals surface area contributed by atoms with E-state index in [0.29, 0.717) is 16.8 Å². The number of rotatable bonds is 2. The standard InChI is InChI=1S/C17H15N3O2/c21-11-12-4-3-7-18-16(12)20-9-6-15-14(17(20)22)10-13-5-1-2-8-19(13)15/h3-4,6-7,9-11H,1-2,5,8H2. The van der Waals surface area contributed by atoms with E-state index in [0.717, 1.165) is 31.2 Å². The molecule has 0 atom stereocenters. The molecule has 0 unspecified atom stereocenters. The fourth-order valence-electron chi connectivity index (χ4n) is 3.23. The lowest BCUT2D eigenvalue weighted by Gasteiger charge is -2.15. The summed E-state index contributed by atoms with van der Waals surface area (Å²) in [6, 6.07) is 7.27. The Kier molecular flexibility index (Phi) is 2.92. The molecule has 0 aliphatic carbocycles. The highest BCUT2D eigenvalue weighted by Crippen LogP contribution is 2.23. The van der Waals surface area contributed by atoms with Gasteiger partial charge in [0.1, 0.15) is 5.82 Å². The molecule has 0 spiro atoms. The molecule has 110 valence electrons. The maximum absolute atomic E-state index is 12.8. The maximum atomic E-state index is 12.8. The number of nitrogens with zero attached hydrogens (tertiary/aromatic N) is 3. The smallest absolute Gasteiger partial charge is 0.265 e. The number of aldehydes is 1. The Morgan fingerprint density at radius 1 is 1.23 bits per heavy atom. The fraction of sp³-hybridized carbons (Fsp3) is 0.235. The predicted molar refractivity (Wildman–Crippen MR) is 83.7 cm³/mol. The molecule has 3 aromatic rings. The molecule has 0 radical (unpaired) electrons. The lowest BCUT2D eigenvalue weighted by Crippen LogP contribution is -2.20. The number of aryl methyl sites for hydroxylation is 2. The number of hydrogen-bond acceptors (Lipinski definition) is 3. The molecule has 5 nitrogen and oxygen atoms in total. The van der Waals surface area contributed by atoms with Crippen LogP contribution in [0.1, 0.15) is 28.9 Å². The molecule has 1 aliphatic heterocycles. The molecular formula is C17H15N3O2. The average Bonchev–Trinajstić information content (AvgIpc) is 2.95. The van der Waals surface area contributed by atoms with Crippen molar-refractivity contribution in [3.63, 3.8) is 0 Å². The normalized spacial score (nSPS) is 14.0. The van der Waals surface area contributed by atoms with Crippen LogP contribution in [0, 0.1) is 0 Å². The van der Waals surface area contributed by atoms with Crippen LogP contribution >= 0.6 is 0 Å². The van der Waals surface area contributed by atoms with Crippen molar-refractivity contribution in [2.24, 2.45) is 0 Å². The lowest BCUT2D eigenvalue weighted by molar-refractivity contribution is 0.112. The number of carbonyl (C=O) groups is 1. The van der Waals surface area contributed by atoms with Crippen LogP contribution < -0.4 is 5.56 Å².